The first kappa shape index (κ1) is 15.9. The number of benzene rings is 1. The van der Waals surface area contributed by atoms with Gasteiger partial charge in [-0.05, 0) is 35.0 Å². The SMILES string of the molecule is CC(Cn1ccnc1)NS(=O)(=O)c1cc(N)cc(Br)c1F. The number of hydrogen-bond donors (Lipinski definition) is 2. The van der Waals surface area contributed by atoms with Crippen LogP contribution in [0.2, 0.25) is 0 Å². The van der Waals surface area contributed by atoms with E-state index in [1.165, 1.54) is 6.07 Å². The Hall–Kier alpha value is -1.45. The first-order valence-electron chi connectivity index (χ1n) is 6.02. The molecular formula is C12H14BrFN4O2S. The summed E-state index contributed by atoms with van der Waals surface area (Å²) in [4.78, 5) is 3.39. The van der Waals surface area contributed by atoms with Crippen molar-refractivity contribution in [2.45, 2.75) is 24.4 Å². The minimum absolute atomic E-state index is 0.00476. The van der Waals surface area contributed by atoms with Crippen LogP contribution in [-0.2, 0) is 16.6 Å². The number of nitrogens with one attached hydrogen (secondary N) is 1. The van der Waals surface area contributed by atoms with Gasteiger partial charge in [-0.25, -0.2) is 22.5 Å². The molecule has 1 aromatic carbocycles. The summed E-state index contributed by atoms with van der Waals surface area (Å²) in [5, 5.41) is 0. The Kier molecular flexibility index (Phi) is 4.64. The maximum absolute atomic E-state index is 14.0. The van der Waals surface area contributed by atoms with Crippen molar-refractivity contribution in [2.24, 2.45) is 0 Å². The number of nitrogens with two attached hydrogens (primary N) is 1. The maximum atomic E-state index is 14.0. The lowest BCUT2D eigenvalue weighted by molar-refractivity contribution is 0.512. The van der Waals surface area contributed by atoms with Crippen molar-refractivity contribution in [2.75, 3.05) is 5.73 Å². The fourth-order valence-corrected chi connectivity index (χ4v) is 3.83. The van der Waals surface area contributed by atoms with Crippen LogP contribution in [0.15, 0.2) is 40.2 Å². The molecule has 3 N–H and O–H groups in total. The van der Waals surface area contributed by atoms with Gasteiger partial charge in [0.1, 0.15) is 4.90 Å². The maximum Gasteiger partial charge on any atom is 0.243 e. The molecule has 0 spiro atoms. The second kappa shape index (κ2) is 6.12. The van der Waals surface area contributed by atoms with E-state index in [9.17, 15) is 12.8 Å². The molecule has 21 heavy (non-hydrogen) atoms. The second-order valence-electron chi connectivity index (χ2n) is 4.60. The van der Waals surface area contributed by atoms with E-state index < -0.39 is 26.8 Å². The van der Waals surface area contributed by atoms with Crippen molar-refractivity contribution in [3.63, 3.8) is 0 Å². The topological polar surface area (TPSA) is 90.0 Å². The van der Waals surface area contributed by atoms with E-state index in [1.54, 1.807) is 30.2 Å². The average Bonchev–Trinajstić information content (AvgIpc) is 2.85. The number of halogens is 2. The first-order valence-corrected chi connectivity index (χ1v) is 8.30. The highest BCUT2D eigenvalue weighted by Gasteiger charge is 2.23. The zero-order chi connectivity index (χ0) is 15.6. The summed E-state index contributed by atoms with van der Waals surface area (Å²) < 4.78 is 42.6. The molecule has 0 radical (unpaired) electrons. The number of anilines is 1. The lowest BCUT2D eigenvalue weighted by Gasteiger charge is -2.15. The van der Waals surface area contributed by atoms with E-state index in [-0.39, 0.29) is 10.2 Å². The molecule has 0 aliphatic heterocycles. The van der Waals surface area contributed by atoms with Crippen molar-refractivity contribution >= 4 is 31.6 Å². The van der Waals surface area contributed by atoms with Crippen molar-refractivity contribution in [1.82, 2.24) is 14.3 Å². The summed E-state index contributed by atoms with van der Waals surface area (Å²) in [7, 11) is -4.01. The summed E-state index contributed by atoms with van der Waals surface area (Å²) in [6.07, 6.45) is 4.88. The van der Waals surface area contributed by atoms with Gasteiger partial charge < -0.3 is 10.3 Å². The third-order valence-electron chi connectivity index (χ3n) is 2.71. The Morgan fingerprint density at radius 2 is 2.24 bits per heavy atom. The largest absolute Gasteiger partial charge is 0.399 e. The van der Waals surface area contributed by atoms with Gasteiger partial charge in [-0.3, -0.25) is 0 Å². The van der Waals surface area contributed by atoms with Crippen molar-refractivity contribution in [3.8, 4) is 0 Å². The molecule has 1 atom stereocenters. The third-order valence-corrected chi connectivity index (χ3v) is 4.87. The predicted molar refractivity (Wildman–Crippen MR) is 80.5 cm³/mol. The summed E-state index contributed by atoms with van der Waals surface area (Å²) in [6.45, 7) is 2.06. The molecule has 6 nitrogen and oxygen atoms in total. The molecule has 0 saturated carbocycles. The third kappa shape index (κ3) is 3.80. The fourth-order valence-electron chi connectivity index (χ4n) is 1.86. The molecule has 2 rings (SSSR count). The van der Waals surface area contributed by atoms with Gasteiger partial charge >= 0.3 is 0 Å². The van der Waals surface area contributed by atoms with Crippen LogP contribution in [0.1, 0.15) is 6.92 Å². The quantitative estimate of drug-likeness (QED) is 0.777. The minimum atomic E-state index is -4.01. The minimum Gasteiger partial charge on any atom is -0.399 e. The number of sulfonamides is 1. The van der Waals surface area contributed by atoms with Gasteiger partial charge in [-0.2, -0.15) is 0 Å². The van der Waals surface area contributed by atoms with Gasteiger partial charge in [0, 0.05) is 30.7 Å². The number of aromatic nitrogens is 2. The van der Waals surface area contributed by atoms with Gasteiger partial charge in [0.25, 0.3) is 0 Å². The van der Waals surface area contributed by atoms with Gasteiger partial charge in [-0.15, -0.1) is 0 Å². The van der Waals surface area contributed by atoms with Crippen LogP contribution in [0.4, 0.5) is 10.1 Å². The normalized spacial score (nSPS) is 13.3. The van der Waals surface area contributed by atoms with E-state index in [1.807, 2.05) is 0 Å². The molecule has 1 heterocycles. The lowest BCUT2D eigenvalue weighted by Crippen LogP contribution is -2.36. The van der Waals surface area contributed by atoms with Gasteiger partial charge in [0.05, 0.1) is 10.8 Å². The molecule has 114 valence electrons. The van der Waals surface area contributed by atoms with Crippen molar-refractivity contribution in [1.29, 1.82) is 0 Å². The molecule has 1 unspecified atom stereocenters. The monoisotopic (exact) mass is 376 g/mol. The van der Waals surface area contributed by atoms with Crippen LogP contribution in [0.25, 0.3) is 0 Å². The molecule has 9 heteroatoms. The highest BCUT2D eigenvalue weighted by atomic mass is 79.9. The summed E-state index contributed by atoms with van der Waals surface area (Å²) in [5.41, 5.74) is 5.72. The van der Waals surface area contributed by atoms with Crippen LogP contribution >= 0.6 is 15.9 Å². The Morgan fingerprint density at radius 1 is 1.52 bits per heavy atom. The zero-order valence-corrected chi connectivity index (χ0v) is 13.5. The molecule has 0 bridgehead atoms. The van der Waals surface area contributed by atoms with Gasteiger partial charge in [-0.1, -0.05) is 0 Å². The number of rotatable bonds is 5. The molecule has 0 fully saturated rings. The van der Waals surface area contributed by atoms with Crippen LogP contribution in [0.5, 0.6) is 0 Å². The van der Waals surface area contributed by atoms with Crippen molar-refractivity contribution < 1.29 is 12.8 Å². The first-order chi connectivity index (χ1) is 9.79. The number of nitrogen functional groups attached to an aromatic ring is 1. The fraction of sp³-hybridized carbons (Fsp3) is 0.250. The molecule has 0 saturated heterocycles. The van der Waals surface area contributed by atoms with Crippen LogP contribution in [-0.4, -0.2) is 24.0 Å². The Bertz CT molecular complexity index is 734. The average molecular weight is 377 g/mol. The molecule has 2 aromatic rings. The lowest BCUT2D eigenvalue weighted by atomic mass is 10.3. The van der Waals surface area contributed by atoms with E-state index in [2.05, 4.69) is 25.6 Å². The smallest absolute Gasteiger partial charge is 0.243 e. The molecule has 0 aliphatic rings. The molecule has 1 aromatic heterocycles. The van der Waals surface area contributed by atoms with Crippen LogP contribution in [0.3, 0.4) is 0 Å². The zero-order valence-electron chi connectivity index (χ0n) is 11.1. The van der Waals surface area contributed by atoms with E-state index in [4.69, 9.17) is 5.73 Å². The molecule has 0 aliphatic carbocycles. The predicted octanol–water partition coefficient (Wildman–Crippen LogP) is 1.73. The number of imidazole rings is 1. The van der Waals surface area contributed by atoms with Crippen LogP contribution in [0, 0.1) is 5.82 Å². The highest BCUT2D eigenvalue weighted by molar-refractivity contribution is 9.10. The van der Waals surface area contributed by atoms with E-state index in [0.717, 1.165) is 6.07 Å². The summed E-state index contributed by atoms with van der Waals surface area (Å²) >= 11 is 2.94. The molecular weight excluding hydrogens is 363 g/mol. The number of nitrogens with zero attached hydrogens (tertiary/aromatic N) is 2. The summed E-state index contributed by atoms with van der Waals surface area (Å²) in [6, 6.07) is 1.96. The van der Waals surface area contributed by atoms with E-state index in [0.29, 0.717) is 6.54 Å². The second-order valence-corrected chi connectivity index (χ2v) is 7.13. The van der Waals surface area contributed by atoms with Crippen LogP contribution < -0.4 is 10.5 Å². The van der Waals surface area contributed by atoms with Gasteiger partial charge in [0.2, 0.25) is 10.0 Å². The van der Waals surface area contributed by atoms with E-state index >= 15 is 0 Å². The molecule has 0 amide bonds. The Morgan fingerprint density at radius 3 is 2.86 bits per heavy atom. The Labute approximate surface area is 130 Å². The number of hydrogen-bond acceptors (Lipinski definition) is 4. The van der Waals surface area contributed by atoms with Crippen molar-refractivity contribution in [3.05, 3.63) is 41.1 Å². The highest BCUT2D eigenvalue weighted by Crippen LogP contribution is 2.26. The summed E-state index contributed by atoms with van der Waals surface area (Å²) in [5.74, 6) is -0.869. The van der Waals surface area contributed by atoms with Gasteiger partial charge in [0.15, 0.2) is 5.82 Å². The standard InChI is InChI=1S/C12H14BrFN4O2S/c1-8(6-18-3-2-16-7-18)17-21(19,20)11-5-9(15)4-10(13)12(11)14/h2-5,7-8,17H,6,15H2,1H3. The Balaban J connectivity index is 2.22.